The Morgan fingerprint density at radius 1 is 1.27 bits per heavy atom. The Balaban J connectivity index is 1.90. The molecule has 0 aliphatic rings. The molecule has 2 heterocycles. The summed E-state index contributed by atoms with van der Waals surface area (Å²) in [6.45, 7) is 2.68. The lowest BCUT2D eigenvalue weighted by Gasteiger charge is -2.20. The van der Waals surface area contributed by atoms with E-state index in [0.29, 0.717) is 0 Å². The Morgan fingerprint density at radius 3 is 2.73 bits per heavy atom. The number of aliphatic carboxylic acids is 1. The Hall–Kier alpha value is -2.02. The molecule has 0 aliphatic heterocycles. The standard InChI is InChI=1S/C15H20N4O2S/c1-12-17-15(22-18-12)19(13-8-5-6-10-16-13)11-7-3-2-4-9-14(20)21/h5-6,8,10H,2-4,7,9,11H2,1H3,(H,20,21). The van der Waals surface area contributed by atoms with Crippen LogP contribution in [0.3, 0.4) is 0 Å². The molecule has 2 aromatic rings. The molecule has 0 spiro atoms. The predicted octanol–water partition coefficient (Wildman–Crippen LogP) is 3.41. The number of carboxylic acid groups (broad SMARTS) is 1. The fourth-order valence-electron chi connectivity index (χ4n) is 2.12. The van der Waals surface area contributed by atoms with E-state index in [1.54, 1.807) is 6.20 Å². The summed E-state index contributed by atoms with van der Waals surface area (Å²) in [6.07, 6.45) is 5.64. The van der Waals surface area contributed by atoms with Crippen LogP contribution in [0.5, 0.6) is 0 Å². The summed E-state index contributed by atoms with van der Waals surface area (Å²) in [7, 11) is 0. The van der Waals surface area contributed by atoms with Gasteiger partial charge in [-0.05, 0) is 31.9 Å². The van der Waals surface area contributed by atoms with Crippen molar-refractivity contribution in [1.29, 1.82) is 0 Å². The van der Waals surface area contributed by atoms with Crippen LogP contribution in [0.1, 0.15) is 37.9 Å². The smallest absolute Gasteiger partial charge is 0.303 e. The summed E-state index contributed by atoms with van der Waals surface area (Å²) >= 11 is 1.37. The van der Waals surface area contributed by atoms with E-state index in [-0.39, 0.29) is 6.42 Å². The minimum atomic E-state index is -0.723. The van der Waals surface area contributed by atoms with E-state index >= 15 is 0 Å². The van der Waals surface area contributed by atoms with Gasteiger partial charge < -0.3 is 10.0 Å². The monoisotopic (exact) mass is 320 g/mol. The van der Waals surface area contributed by atoms with Crippen LogP contribution < -0.4 is 4.90 Å². The zero-order chi connectivity index (χ0) is 15.8. The third-order valence-electron chi connectivity index (χ3n) is 3.20. The summed E-state index contributed by atoms with van der Waals surface area (Å²) in [5, 5.41) is 9.48. The second kappa shape index (κ2) is 8.43. The quantitative estimate of drug-likeness (QED) is 0.713. The molecule has 0 unspecified atom stereocenters. The molecule has 2 aromatic heterocycles. The second-order valence-electron chi connectivity index (χ2n) is 5.02. The molecular formula is C15H20N4O2S. The van der Waals surface area contributed by atoms with E-state index in [1.807, 2.05) is 25.1 Å². The molecule has 0 aliphatic carbocycles. The van der Waals surface area contributed by atoms with Gasteiger partial charge in [-0.1, -0.05) is 18.9 Å². The molecule has 118 valence electrons. The highest BCUT2D eigenvalue weighted by atomic mass is 32.1. The molecule has 0 saturated heterocycles. The average molecular weight is 320 g/mol. The van der Waals surface area contributed by atoms with E-state index < -0.39 is 5.97 Å². The highest BCUT2D eigenvalue weighted by Crippen LogP contribution is 2.25. The van der Waals surface area contributed by atoms with Crippen molar-refractivity contribution in [2.75, 3.05) is 11.4 Å². The number of aryl methyl sites for hydroxylation is 1. The summed E-state index contributed by atoms with van der Waals surface area (Å²) in [5.41, 5.74) is 0. The lowest BCUT2D eigenvalue weighted by Crippen LogP contribution is -2.19. The lowest BCUT2D eigenvalue weighted by atomic mass is 10.1. The van der Waals surface area contributed by atoms with E-state index in [2.05, 4.69) is 19.2 Å². The first kappa shape index (κ1) is 16.4. The number of nitrogens with zero attached hydrogens (tertiary/aromatic N) is 4. The normalized spacial score (nSPS) is 10.6. The van der Waals surface area contributed by atoms with E-state index in [9.17, 15) is 4.79 Å². The van der Waals surface area contributed by atoms with E-state index in [1.165, 1.54) is 11.5 Å². The van der Waals surface area contributed by atoms with Crippen LogP contribution in [-0.2, 0) is 4.79 Å². The minimum Gasteiger partial charge on any atom is -0.481 e. The van der Waals surface area contributed by atoms with Gasteiger partial charge in [0, 0.05) is 30.7 Å². The zero-order valence-corrected chi connectivity index (χ0v) is 13.4. The summed E-state index contributed by atoms with van der Waals surface area (Å²) in [4.78, 5) is 21.4. The third kappa shape index (κ3) is 5.07. The molecule has 0 radical (unpaired) electrons. The maximum absolute atomic E-state index is 10.5. The van der Waals surface area contributed by atoms with Crippen molar-refractivity contribution >= 4 is 28.5 Å². The molecule has 0 saturated carbocycles. The molecule has 2 rings (SSSR count). The second-order valence-corrected chi connectivity index (χ2v) is 5.75. The summed E-state index contributed by atoms with van der Waals surface area (Å²) < 4.78 is 4.24. The Labute approximate surface area is 134 Å². The number of carbonyl (C=O) groups is 1. The Bertz CT molecular complexity index is 588. The van der Waals surface area contributed by atoms with Crippen molar-refractivity contribution in [1.82, 2.24) is 14.3 Å². The number of aromatic nitrogens is 3. The first-order chi connectivity index (χ1) is 10.7. The number of rotatable bonds is 9. The first-order valence-electron chi connectivity index (χ1n) is 7.37. The van der Waals surface area contributed by atoms with Gasteiger partial charge in [-0.25, -0.2) is 9.97 Å². The first-order valence-corrected chi connectivity index (χ1v) is 8.15. The number of pyridine rings is 1. The Kier molecular flexibility index (Phi) is 6.27. The van der Waals surface area contributed by atoms with Crippen molar-refractivity contribution < 1.29 is 9.90 Å². The van der Waals surface area contributed by atoms with Gasteiger partial charge in [0.25, 0.3) is 0 Å². The number of anilines is 2. The van der Waals surface area contributed by atoms with Crippen LogP contribution in [0.2, 0.25) is 0 Å². The molecule has 0 amide bonds. The van der Waals surface area contributed by atoms with Crippen LogP contribution in [0.4, 0.5) is 10.9 Å². The third-order valence-corrected chi connectivity index (χ3v) is 4.03. The van der Waals surface area contributed by atoms with Gasteiger partial charge >= 0.3 is 5.97 Å². The molecule has 0 bridgehead atoms. The van der Waals surface area contributed by atoms with Gasteiger partial charge in [-0.15, -0.1) is 0 Å². The number of hydrogen-bond donors (Lipinski definition) is 1. The molecule has 22 heavy (non-hydrogen) atoms. The van der Waals surface area contributed by atoms with E-state index in [0.717, 1.165) is 49.0 Å². The van der Waals surface area contributed by atoms with Gasteiger partial charge in [0.2, 0.25) is 5.13 Å². The molecule has 0 aromatic carbocycles. The number of unbranched alkanes of at least 4 members (excludes halogenated alkanes) is 3. The topological polar surface area (TPSA) is 79.2 Å². The summed E-state index contributed by atoms with van der Waals surface area (Å²) in [5.74, 6) is 0.908. The minimum absolute atomic E-state index is 0.250. The Morgan fingerprint density at radius 2 is 2.09 bits per heavy atom. The fraction of sp³-hybridized carbons (Fsp3) is 0.467. The van der Waals surface area contributed by atoms with Crippen molar-refractivity contribution in [2.24, 2.45) is 0 Å². The zero-order valence-electron chi connectivity index (χ0n) is 12.6. The number of carboxylic acids is 1. The van der Waals surface area contributed by atoms with Gasteiger partial charge in [0.05, 0.1) is 0 Å². The molecule has 0 atom stereocenters. The van der Waals surface area contributed by atoms with Crippen molar-refractivity contribution in [3.05, 3.63) is 30.2 Å². The van der Waals surface area contributed by atoms with E-state index in [4.69, 9.17) is 5.11 Å². The molecule has 0 fully saturated rings. The maximum Gasteiger partial charge on any atom is 0.303 e. The van der Waals surface area contributed by atoms with Crippen molar-refractivity contribution in [3.63, 3.8) is 0 Å². The predicted molar refractivity (Wildman–Crippen MR) is 86.6 cm³/mol. The molecular weight excluding hydrogens is 300 g/mol. The van der Waals surface area contributed by atoms with Crippen LogP contribution in [-0.4, -0.2) is 32.0 Å². The largest absolute Gasteiger partial charge is 0.481 e. The van der Waals surface area contributed by atoms with Gasteiger partial charge in [0.15, 0.2) is 0 Å². The summed E-state index contributed by atoms with van der Waals surface area (Å²) in [6, 6.07) is 5.80. The van der Waals surface area contributed by atoms with Crippen LogP contribution >= 0.6 is 11.5 Å². The SMILES string of the molecule is Cc1nsc(N(CCCCCCC(=O)O)c2ccccn2)n1. The highest BCUT2D eigenvalue weighted by molar-refractivity contribution is 7.09. The van der Waals surface area contributed by atoms with Crippen LogP contribution in [0.15, 0.2) is 24.4 Å². The number of hydrogen-bond acceptors (Lipinski definition) is 6. The van der Waals surface area contributed by atoms with Gasteiger partial charge in [0.1, 0.15) is 11.6 Å². The van der Waals surface area contributed by atoms with Crippen molar-refractivity contribution in [2.45, 2.75) is 39.0 Å². The van der Waals surface area contributed by atoms with Gasteiger partial charge in [-0.2, -0.15) is 4.37 Å². The average Bonchev–Trinajstić information content (AvgIpc) is 2.93. The molecule has 6 nitrogen and oxygen atoms in total. The van der Waals surface area contributed by atoms with Crippen molar-refractivity contribution in [3.8, 4) is 0 Å². The highest BCUT2D eigenvalue weighted by Gasteiger charge is 2.14. The maximum atomic E-state index is 10.5. The van der Waals surface area contributed by atoms with Gasteiger partial charge in [-0.3, -0.25) is 4.79 Å². The molecule has 7 heteroatoms. The van der Waals surface area contributed by atoms with Crippen LogP contribution in [0.25, 0.3) is 0 Å². The lowest BCUT2D eigenvalue weighted by molar-refractivity contribution is -0.137. The van der Waals surface area contributed by atoms with Crippen LogP contribution in [0, 0.1) is 6.92 Å². The fourth-order valence-corrected chi connectivity index (χ4v) is 2.83. The molecule has 1 N–H and O–H groups in total.